The molecule has 1 unspecified atom stereocenters. The average molecular weight is 582 g/mol. The summed E-state index contributed by atoms with van der Waals surface area (Å²) < 4.78 is 2.31. The van der Waals surface area contributed by atoms with Gasteiger partial charge in [0.05, 0.1) is 11.1 Å². The molecule has 2 aliphatic rings. The summed E-state index contributed by atoms with van der Waals surface area (Å²) in [5, 5.41) is 4.78. The van der Waals surface area contributed by atoms with E-state index < -0.39 is 0 Å². The molecular formula is C36H40ClN3O2. The van der Waals surface area contributed by atoms with Crippen molar-refractivity contribution in [3.05, 3.63) is 106 Å². The second kappa shape index (κ2) is 12.8. The Kier molecular flexibility index (Phi) is 8.78. The van der Waals surface area contributed by atoms with Gasteiger partial charge in [-0.25, -0.2) is 0 Å². The zero-order valence-corrected chi connectivity index (χ0v) is 25.2. The first-order valence-corrected chi connectivity index (χ1v) is 15.8. The Morgan fingerprint density at radius 3 is 2.43 bits per heavy atom. The number of Topliss-reactive ketones (excluding diaryl/α,β-unsaturated/α-hetero) is 1. The maximum atomic E-state index is 13.3. The van der Waals surface area contributed by atoms with Crippen molar-refractivity contribution in [3.63, 3.8) is 0 Å². The van der Waals surface area contributed by atoms with Gasteiger partial charge in [-0.3, -0.25) is 14.5 Å². The zero-order valence-electron chi connectivity index (χ0n) is 24.4. The number of piperidine rings is 1. The van der Waals surface area contributed by atoms with Gasteiger partial charge in [0.25, 0.3) is 5.91 Å². The van der Waals surface area contributed by atoms with Crippen molar-refractivity contribution < 1.29 is 9.59 Å². The van der Waals surface area contributed by atoms with Crippen molar-refractivity contribution in [3.8, 4) is 0 Å². The van der Waals surface area contributed by atoms with Crippen LogP contribution in [-0.4, -0.2) is 39.8 Å². The van der Waals surface area contributed by atoms with Gasteiger partial charge < -0.3 is 9.88 Å². The molecule has 42 heavy (non-hydrogen) atoms. The van der Waals surface area contributed by atoms with Gasteiger partial charge in [0.15, 0.2) is 5.78 Å². The molecule has 3 atom stereocenters. The van der Waals surface area contributed by atoms with E-state index >= 15 is 0 Å². The average Bonchev–Trinajstić information content (AvgIpc) is 3.49. The van der Waals surface area contributed by atoms with Crippen LogP contribution in [0.5, 0.6) is 0 Å². The van der Waals surface area contributed by atoms with Crippen LogP contribution in [0.15, 0.2) is 79.0 Å². The van der Waals surface area contributed by atoms with Gasteiger partial charge in [0, 0.05) is 60.3 Å². The van der Waals surface area contributed by atoms with Crippen LogP contribution in [0.2, 0.25) is 5.02 Å². The number of aromatic nitrogens is 1. The summed E-state index contributed by atoms with van der Waals surface area (Å²) in [6, 6.07) is 24.9. The lowest BCUT2D eigenvalue weighted by atomic mass is 9.85. The van der Waals surface area contributed by atoms with Gasteiger partial charge in [0.2, 0.25) is 0 Å². The molecule has 6 rings (SSSR count). The van der Waals surface area contributed by atoms with E-state index in [9.17, 15) is 9.59 Å². The molecule has 1 amide bonds. The standard InChI is InChI=1S/C36H40ClN3O2/c1-2-27-11-7-14-32-33(36(42)38-23-25-9-4-3-5-10-25)24-39(35(27)32)17-8-18-40-30-15-16-31(40)20-26(19-30)21-34(41)28-12-6-13-29(37)22-28/h3-7,9-14,22,24,26,30-31H,2,8,15-21,23H2,1H3,(H,38,42)/t26?,30-,31+. The minimum absolute atomic E-state index is 0.0247. The van der Waals surface area contributed by atoms with E-state index in [4.69, 9.17) is 11.6 Å². The summed E-state index contributed by atoms with van der Waals surface area (Å²) in [7, 11) is 0. The number of rotatable bonds is 11. The quantitative estimate of drug-likeness (QED) is 0.185. The Bertz CT molecular complexity index is 1550. The van der Waals surface area contributed by atoms with Gasteiger partial charge in [-0.1, -0.05) is 79.2 Å². The van der Waals surface area contributed by atoms with E-state index in [1.165, 1.54) is 23.9 Å². The van der Waals surface area contributed by atoms with Gasteiger partial charge >= 0.3 is 0 Å². The van der Waals surface area contributed by atoms with Gasteiger partial charge in [-0.2, -0.15) is 0 Å². The van der Waals surface area contributed by atoms with Crippen LogP contribution in [0.1, 0.15) is 77.3 Å². The number of hydrogen-bond donors (Lipinski definition) is 1. The highest BCUT2D eigenvalue weighted by molar-refractivity contribution is 6.31. The van der Waals surface area contributed by atoms with Crippen molar-refractivity contribution in [2.75, 3.05) is 6.54 Å². The van der Waals surface area contributed by atoms with E-state index in [1.807, 2.05) is 48.5 Å². The summed E-state index contributed by atoms with van der Waals surface area (Å²) in [5.41, 5.74) is 5.04. The highest BCUT2D eigenvalue weighted by atomic mass is 35.5. The highest BCUT2D eigenvalue weighted by Crippen LogP contribution is 2.40. The number of nitrogens with zero attached hydrogens (tertiary/aromatic N) is 2. The molecule has 2 aliphatic heterocycles. The Morgan fingerprint density at radius 1 is 0.929 bits per heavy atom. The van der Waals surface area contributed by atoms with Crippen LogP contribution in [0.4, 0.5) is 0 Å². The molecule has 1 aromatic heterocycles. The number of ketones is 1. The van der Waals surface area contributed by atoms with Crippen LogP contribution in [0.3, 0.4) is 0 Å². The molecule has 2 fully saturated rings. The van der Waals surface area contributed by atoms with Gasteiger partial charge in [0.1, 0.15) is 0 Å². The lowest BCUT2D eigenvalue weighted by Crippen LogP contribution is -2.43. The van der Waals surface area contributed by atoms with E-state index in [0.29, 0.717) is 36.0 Å². The third-order valence-corrected chi connectivity index (χ3v) is 9.56. The Balaban J connectivity index is 1.09. The second-order valence-corrected chi connectivity index (χ2v) is 12.5. The summed E-state index contributed by atoms with van der Waals surface area (Å²) in [6.45, 7) is 4.63. The SMILES string of the molecule is CCc1cccc2c(C(=O)NCc3ccccc3)cn(CCCN3[C@@H]4CC[C@H]3CC(CC(=O)c3cccc(Cl)c3)C4)c12. The van der Waals surface area contributed by atoms with Crippen molar-refractivity contribution in [2.45, 2.75) is 77.0 Å². The molecule has 3 aromatic carbocycles. The first kappa shape index (κ1) is 28.7. The Hall–Kier alpha value is -3.41. The van der Waals surface area contributed by atoms with Crippen LogP contribution >= 0.6 is 11.6 Å². The Labute approximate surface area is 253 Å². The van der Waals surface area contributed by atoms with E-state index in [-0.39, 0.29) is 11.7 Å². The van der Waals surface area contributed by atoms with Crippen molar-refractivity contribution in [1.82, 2.24) is 14.8 Å². The van der Waals surface area contributed by atoms with Gasteiger partial charge in [-0.15, -0.1) is 0 Å². The summed E-state index contributed by atoms with van der Waals surface area (Å²) in [5.74, 6) is 0.635. The van der Waals surface area contributed by atoms with E-state index in [1.54, 1.807) is 6.07 Å². The third-order valence-electron chi connectivity index (χ3n) is 9.32. The fraction of sp³-hybridized carbons (Fsp3) is 0.389. The molecule has 2 bridgehead atoms. The number of fused-ring (bicyclic) bond motifs is 3. The number of nitrogens with one attached hydrogen (secondary N) is 1. The normalized spacial score (nSPS) is 20.2. The zero-order chi connectivity index (χ0) is 29.1. The molecule has 6 heteroatoms. The predicted octanol–water partition coefficient (Wildman–Crippen LogP) is 7.69. The third kappa shape index (κ3) is 6.18. The maximum Gasteiger partial charge on any atom is 0.253 e. The number of halogens is 1. The first-order chi connectivity index (χ1) is 20.5. The van der Waals surface area contributed by atoms with Crippen LogP contribution in [0, 0.1) is 5.92 Å². The van der Waals surface area contributed by atoms with E-state index in [0.717, 1.165) is 60.8 Å². The number of aryl methyl sites for hydroxylation is 2. The number of carbonyl (C=O) groups excluding carboxylic acids is 2. The van der Waals surface area contributed by atoms with Crippen LogP contribution in [-0.2, 0) is 19.5 Å². The topological polar surface area (TPSA) is 54.3 Å². The molecule has 3 heterocycles. The number of benzene rings is 3. The molecule has 0 radical (unpaired) electrons. The maximum absolute atomic E-state index is 13.3. The summed E-state index contributed by atoms with van der Waals surface area (Å²) in [4.78, 5) is 28.9. The molecular weight excluding hydrogens is 542 g/mol. The lowest BCUT2D eigenvalue weighted by Gasteiger charge is -2.39. The van der Waals surface area contributed by atoms with Crippen molar-refractivity contribution in [1.29, 1.82) is 0 Å². The molecule has 218 valence electrons. The number of para-hydroxylation sites is 1. The molecule has 2 saturated heterocycles. The fourth-order valence-electron chi connectivity index (χ4n) is 7.34. The number of carbonyl (C=O) groups is 2. The summed E-state index contributed by atoms with van der Waals surface area (Å²) >= 11 is 6.12. The number of hydrogen-bond acceptors (Lipinski definition) is 3. The fourth-order valence-corrected chi connectivity index (χ4v) is 7.53. The highest BCUT2D eigenvalue weighted by Gasteiger charge is 2.40. The van der Waals surface area contributed by atoms with Crippen LogP contribution in [0.25, 0.3) is 10.9 Å². The van der Waals surface area contributed by atoms with Gasteiger partial charge in [-0.05, 0) is 67.7 Å². The largest absolute Gasteiger partial charge is 0.348 e. The van der Waals surface area contributed by atoms with E-state index in [2.05, 4.69) is 46.1 Å². The molecule has 0 saturated carbocycles. The van der Waals surface area contributed by atoms with Crippen LogP contribution < -0.4 is 5.32 Å². The van der Waals surface area contributed by atoms with Crippen molar-refractivity contribution in [2.24, 2.45) is 5.92 Å². The second-order valence-electron chi connectivity index (χ2n) is 12.0. The summed E-state index contributed by atoms with van der Waals surface area (Å²) in [6.07, 6.45) is 9.29. The lowest BCUT2D eigenvalue weighted by molar-refractivity contribution is 0.0807. The monoisotopic (exact) mass is 581 g/mol. The molecule has 0 aliphatic carbocycles. The molecule has 1 N–H and O–H groups in total. The minimum atomic E-state index is -0.0247. The molecule has 0 spiro atoms. The smallest absolute Gasteiger partial charge is 0.253 e. The predicted molar refractivity (Wildman–Crippen MR) is 170 cm³/mol. The first-order valence-electron chi connectivity index (χ1n) is 15.5. The molecule has 5 nitrogen and oxygen atoms in total. The minimum Gasteiger partial charge on any atom is -0.348 e. The Morgan fingerprint density at radius 2 is 1.69 bits per heavy atom. The molecule has 4 aromatic rings. The number of amides is 1. The van der Waals surface area contributed by atoms with Crippen molar-refractivity contribution >= 4 is 34.2 Å².